The molecule has 35 heavy (non-hydrogen) atoms. The van der Waals surface area contributed by atoms with E-state index < -0.39 is 6.04 Å². The molecule has 184 valence electrons. The smallest absolute Gasteiger partial charge is 0.243 e. The SMILES string of the molecule is CC[C@H]1CN[C@@H](C(=O)N2C[C@H](Cc3cccnc3)C[C@H]2C(=O)NCc2ccc3c(c2)nnn3C)C1. The third-order valence-corrected chi connectivity index (χ3v) is 7.46. The van der Waals surface area contributed by atoms with Crippen LogP contribution >= 0.6 is 0 Å². The van der Waals surface area contributed by atoms with Gasteiger partial charge < -0.3 is 15.5 Å². The zero-order chi connectivity index (χ0) is 24.4. The molecule has 2 saturated heterocycles. The van der Waals surface area contributed by atoms with Crippen molar-refractivity contribution in [3.63, 3.8) is 0 Å². The maximum atomic E-state index is 13.5. The molecule has 9 nitrogen and oxygen atoms in total. The van der Waals surface area contributed by atoms with Crippen LogP contribution in [0.2, 0.25) is 0 Å². The van der Waals surface area contributed by atoms with E-state index in [1.54, 1.807) is 10.9 Å². The molecule has 1 aromatic carbocycles. The van der Waals surface area contributed by atoms with Gasteiger partial charge in [0.15, 0.2) is 0 Å². The van der Waals surface area contributed by atoms with Crippen LogP contribution in [-0.2, 0) is 29.6 Å². The molecule has 0 spiro atoms. The van der Waals surface area contributed by atoms with Crippen LogP contribution in [0.4, 0.5) is 0 Å². The number of fused-ring (bicyclic) bond motifs is 1. The predicted octanol–water partition coefficient (Wildman–Crippen LogP) is 1.83. The van der Waals surface area contributed by atoms with Crippen LogP contribution in [0, 0.1) is 11.8 Å². The monoisotopic (exact) mass is 475 g/mol. The molecule has 2 fully saturated rings. The maximum Gasteiger partial charge on any atom is 0.243 e. The van der Waals surface area contributed by atoms with Gasteiger partial charge in [-0.2, -0.15) is 0 Å². The van der Waals surface area contributed by atoms with Gasteiger partial charge in [-0.3, -0.25) is 14.6 Å². The Kier molecular flexibility index (Phi) is 6.77. The number of amides is 2. The third-order valence-electron chi connectivity index (χ3n) is 7.46. The average Bonchev–Trinajstić information content (AvgIpc) is 3.61. The highest BCUT2D eigenvalue weighted by Gasteiger charge is 2.42. The Labute approximate surface area is 205 Å². The molecule has 2 aliphatic rings. The van der Waals surface area contributed by atoms with E-state index in [2.05, 4.69) is 38.9 Å². The Hall–Kier alpha value is -3.33. The van der Waals surface area contributed by atoms with Gasteiger partial charge >= 0.3 is 0 Å². The summed E-state index contributed by atoms with van der Waals surface area (Å²) in [5.74, 6) is 0.686. The lowest BCUT2D eigenvalue weighted by atomic mass is 9.97. The number of hydrogen-bond acceptors (Lipinski definition) is 6. The third kappa shape index (κ3) is 5.05. The number of carbonyl (C=O) groups excluding carboxylic acids is 2. The number of likely N-dealkylation sites (tertiary alicyclic amines) is 1. The van der Waals surface area contributed by atoms with E-state index in [4.69, 9.17) is 0 Å². The number of hydrogen-bond donors (Lipinski definition) is 2. The molecule has 0 saturated carbocycles. The van der Waals surface area contributed by atoms with E-state index >= 15 is 0 Å². The number of rotatable bonds is 7. The van der Waals surface area contributed by atoms with Gasteiger partial charge in [0.1, 0.15) is 11.6 Å². The first-order valence-electron chi connectivity index (χ1n) is 12.5. The van der Waals surface area contributed by atoms with Gasteiger partial charge in [-0.15, -0.1) is 5.10 Å². The standard InChI is InChI=1S/C26H33N7O2/c1-3-17-10-22(28-14-17)26(35)33-16-20(9-18-5-4-8-27-13-18)12-24(33)25(34)29-15-19-6-7-23-21(11-19)30-31-32(23)2/h4-8,11,13,17,20,22,24,28H,3,9-10,12,14-16H2,1-2H3,(H,29,34)/t17-,20-,22-,24+/m1/s1. The maximum absolute atomic E-state index is 13.5. The first-order chi connectivity index (χ1) is 17.0. The fraction of sp³-hybridized carbons (Fsp3) is 0.500. The molecule has 2 aliphatic heterocycles. The van der Waals surface area contributed by atoms with Crippen molar-refractivity contribution >= 4 is 22.8 Å². The number of aromatic nitrogens is 4. The number of aryl methyl sites for hydroxylation is 1. The molecule has 4 atom stereocenters. The molecule has 0 unspecified atom stereocenters. The lowest BCUT2D eigenvalue weighted by Gasteiger charge is -2.27. The number of carbonyl (C=O) groups is 2. The second kappa shape index (κ2) is 10.1. The number of pyridine rings is 1. The highest BCUT2D eigenvalue weighted by molar-refractivity contribution is 5.90. The summed E-state index contributed by atoms with van der Waals surface area (Å²) in [5, 5.41) is 14.7. The number of nitrogens with one attached hydrogen (secondary N) is 2. The second-order valence-electron chi connectivity index (χ2n) is 9.90. The lowest BCUT2D eigenvalue weighted by molar-refractivity contribution is -0.139. The zero-order valence-electron chi connectivity index (χ0n) is 20.4. The number of nitrogens with zero attached hydrogens (tertiary/aromatic N) is 5. The predicted molar refractivity (Wildman–Crippen MR) is 132 cm³/mol. The van der Waals surface area contributed by atoms with Crippen LogP contribution in [0.25, 0.3) is 11.0 Å². The van der Waals surface area contributed by atoms with E-state index in [1.165, 1.54) is 0 Å². The van der Waals surface area contributed by atoms with Crippen molar-refractivity contribution in [2.45, 2.75) is 51.2 Å². The van der Waals surface area contributed by atoms with Gasteiger partial charge in [0, 0.05) is 32.5 Å². The summed E-state index contributed by atoms with van der Waals surface area (Å²) >= 11 is 0. The summed E-state index contributed by atoms with van der Waals surface area (Å²) in [6.07, 6.45) is 6.98. The van der Waals surface area contributed by atoms with Crippen molar-refractivity contribution in [1.82, 2.24) is 35.5 Å². The van der Waals surface area contributed by atoms with Crippen molar-refractivity contribution in [2.75, 3.05) is 13.1 Å². The summed E-state index contributed by atoms with van der Waals surface area (Å²) in [6.45, 7) is 4.00. The van der Waals surface area contributed by atoms with E-state index in [0.29, 0.717) is 25.4 Å². The van der Waals surface area contributed by atoms with Crippen molar-refractivity contribution in [1.29, 1.82) is 0 Å². The molecule has 3 aromatic rings. The van der Waals surface area contributed by atoms with Crippen molar-refractivity contribution in [3.8, 4) is 0 Å². The fourth-order valence-electron chi connectivity index (χ4n) is 5.43. The van der Waals surface area contributed by atoms with Crippen molar-refractivity contribution in [2.24, 2.45) is 18.9 Å². The van der Waals surface area contributed by atoms with E-state index in [9.17, 15) is 9.59 Å². The molecule has 0 aliphatic carbocycles. The molecule has 2 amide bonds. The minimum atomic E-state index is -0.466. The zero-order valence-corrected chi connectivity index (χ0v) is 20.4. The Morgan fingerprint density at radius 1 is 1.17 bits per heavy atom. The van der Waals surface area contributed by atoms with Gasteiger partial charge in [-0.05, 0) is 67.0 Å². The Morgan fingerprint density at radius 3 is 2.83 bits per heavy atom. The molecule has 0 radical (unpaired) electrons. The topological polar surface area (TPSA) is 105 Å². The van der Waals surface area contributed by atoms with Crippen molar-refractivity contribution < 1.29 is 9.59 Å². The number of benzene rings is 1. The minimum Gasteiger partial charge on any atom is -0.350 e. The molecule has 2 aromatic heterocycles. The van der Waals surface area contributed by atoms with E-state index in [-0.39, 0.29) is 23.8 Å². The van der Waals surface area contributed by atoms with E-state index in [1.807, 2.05) is 42.4 Å². The van der Waals surface area contributed by atoms with Crippen LogP contribution in [0.15, 0.2) is 42.7 Å². The second-order valence-corrected chi connectivity index (χ2v) is 9.90. The van der Waals surface area contributed by atoms with Crippen LogP contribution in [0.3, 0.4) is 0 Å². The van der Waals surface area contributed by atoms with Crippen LogP contribution in [0.5, 0.6) is 0 Å². The summed E-state index contributed by atoms with van der Waals surface area (Å²) in [7, 11) is 1.85. The Bertz CT molecular complexity index is 1190. The first kappa shape index (κ1) is 23.4. The van der Waals surface area contributed by atoms with Gasteiger partial charge in [0.05, 0.1) is 11.6 Å². The highest BCUT2D eigenvalue weighted by atomic mass is 16.2. The summed E-state index contributed by atoms with van der Waals surface area (Å²) in [6, 6.07) is 9.19. The first-order valence-corrected chi connectivity index (χ1v) is 12.5. The summed E-state index contributed by atoms with van der Waals surface area (Å²) < 4.78 is 1.72. The molecular formula is C26H33N7O2. The van der Waals surface area contributed by atoms with Crippen LogP contribution < -0.4 is 10.6 Å². The highest BCUT2D eigenvalue weighted by Crippen LogP contribution is 2.29. The lowest BCUT2D eigenvalue weighted by Crippen LogP contribution is -2.51. The minimum absolute atomic E-state index is 0.0516. The van der Waals surface area contributed by atoms with E-state index in [0.717, 1.165) is 48.0 Å². The molecule has 0 bridgehead atoms. The summed E-state index contributed by atoms with van der Waals surface area (Å²) in [5.41, 5.74) is 3.83. The Balaban J connectivity index is 1.28. The largest absolute Gasteiger partial charge is 0.350 e. The fourth-order valence-corrected chi connectivity index (χ4v) is 5.43. The normalized spacial score (nSPS) is 24.2. The molecular weight excluding hydrogens is 442 g/mol. The van der Waals surface area contributed by atoms with Gasteiger partial charge in [0.25, 0.3) is 0 Å². The van der Waals surface area contributed by atoms with Gasteiger partial charge in [-0.1, -0.05) is 30.7 Å². The molecule has 5 rings (SSSR count). The molecule has 4 heterocycles. The molecule has 9 heteroatoms. The van der Waals surface area contributed by atoms with Gasteiger partial charge in [0.2, 0.25) is 11.8 Å². The average molecular weight is 476 g/mol. The quantitative estimate of drug-likeness (QED) is 0.540. The Morgan fingerprint density at radius 2 is 2.06 bits per heavy atom. The summed E-state index contributed by atoms with van der Waals surface area (Å²) in [4.78, 5) is 32.9. The van der Waals surface area contributed by atoms with Gasteiger partial charge in [-0.25, -0.2) is 4.68 Å². The van der Waals surface area contributed by atoms with Crippen molar-refractivity contribution in [3.05, 3.63) is 53.9 Å². The molecule has 2 N–H and O–H groups in total. The van der Waals surface area contributed by atoms with Crippen LogP contribution in [-0.4, -0.2) is 61.9 Å². The van der Waals surface area contributed by atoms with Crippen LogP contribution in [0.1, 0.15) is 37.3 Å².